The Morgan fingerprint density at radius 1 is 1.30 bits per heavy atom. The molecule has 0 N–H and O–H groups in total. The van der Waals surface area contributed by atoms with Gasteiger partial charge in [-0.15, -0.1) is 0 Å². The van der Waals surface area contributed by atoms with E-state index in [1.807, 2.05) is 6.55 Å². The molecule has 0 saturated heterocycles. The van der Waals surface area contributed by atoms with Crippen LogP contribution in [0, 0.1) is 0 Å². The topological polar surface area (TPSA) is 18.5 Å². The lowest BCUT2D eigenvalue weighted by atomic mass is 10.3. The molecule has 0 bridgehead atoms. The largest absolute Gasteiger partial charge is 0.400 e. The van der Waals surface area contributed by atoms with Crippen molar-refractivity contribution >= 4 is 9.28 Å². The molecule has 0 aromatic carbocycles. The Balaban J connectivity index is 2.89. The van der Waals surface area contributed by atoms with Crippen molar-refractivity contribution in [1.29, 1.82) is 0 Å². The molecule has 0 saturated carbocycles. The highest BCUT2D eigenvalue weighted by Crippen LogP contribution is 1.95. The first-order valence-corrected chi connectivity index (χ1v) is 6.05. The first kappa shape index (κ1) is 10.1. The zero-order valence-electron chi connectivity index (χ0n) is 7.22. The van der Waals surface area contributed by atoms with E-state index in [1.165, 1.54) is 19.3 Å². The van der Waals surface area contributed by atoms with Crippen LogP contribution in [0.25, 0.3) is 0 Å². The molecule has 10 heavy (non-hydrogen) atoms. The third-order valence-electron chi connectivity index (χ3n) is 1.43. The Labute approximate surface area is 65.4 Å². The first-order chi connectivity index (χ1) is 4.81. The summed E-state index contributed by atoms with van der Waals surface area (Å²) in [5, 5.41) is 0. The molecule has 3 heteroatoms. The van der Waals surface area contributed by atoms with Gasteiger partial charge in [0.05, 0.1) is 0 Å². The molecule has 0 aliphatic carbocycles. The van der Waals surface area contributed by atoms with Crippen molar-refractivity contribution in [3.8, 4) is 0 Å². The third kappa shape index (κ3) is 6.26. The summed E-state index contributed by atoms with van der Waals surface area (Å²) in [6, 6.07) is 0. The Kier molecular flexibility index (Phi) is 7.35. The predicted octanol–water partition coefficient (Wildman–Crippen LogP) is 1.69. The maximum absolute atomic E-state index is 5.41. The van der Waals surface area contributed by atoms with Gasteiger partial charge in [0.15, 0.2) is 0 Å². The van der Waals surface area contributed by atoms with Gasteiger partial charge >= 0.3 is 9.28 Å². The van der Waals surface area contributed by atoms with Crippen molar-refractivity contribution in [3.63, 3.8) is 0 Å². The molecule has 0 aromatic heterocycles. The smallest absolute Gasteiger partial charge is 0.317 e. The van der Waals surface area contributed by atoms with Crippen LogP contribution in [-0.4, -0.2) is 23.0 Å². The summed E-state index contributed by atoms with van der Waals surface area (Å²) in [4.78, 5) is 0. The summed E-state index contributed by atoms with van der Waals surface area (Å²) >= 11 is 0. The van der Waals surface area contributed by atoms with E-state index in [9.17, 15) is 0 Å². The Bertz CT molecular complexity index is 68.6. The van der Waals surface area contributed by atoms with E-state index in [2.05, 4.69) is 6.92 Å². The number of hydrogen-bond donors (Lipinski definition) is 0. The lowest BCUT2D eigenvalue weighted by molar-refractivity contribution is 0.230. The van der Waals surface area contributed by atoms with Crippen LogP contribution in [0.2, 0.25) is 6.55 Å². The van der Waals surface area contributed by atoms with Crippen LogP contribution in [0.15, 0.2) is 0 Å². The minimum absolute atomic E-state index is 0.884. The SMILES string of the molecule is CCCCCO[SiH](C)OC. The van der Waals surface area contributed by atoms with Crippen LogP contribution in [0.5, 0.6) is 0 Å². The van der Waals surface area contributed by atoms with Crippen molar-refractivity contribution in [2.75, 3.05) is 13.7 Å². The lowest BCUT2D eigenvalue weighted by Gasteiger charge is -2.07. The van der Waals surface area contributed by atoms with Gasteiger partial charge in [0, 0.05) is 13.7 Å². The fourth-order valence-corrected chi connectivity index (χ4v) is 1.30. The molecule has 62 valence electrons. The van der Waals surface area contributed by atoms with Gasteiger partial charge in [0.25, 0.3) is 0 Å². The Hall–Kier alpha value is 0.137. The van der Waals surface area contributed by atoms with Crippen LogP contribution in [-0.2, 0) is 8.85 Å². The van der Waals surface area contributed by atoms with Crippen molar-refractivity contribution in [1.82, 2.24) is 0 Å². The van der Waals surface area contributed by atoms with Gasteiger partial charge < -0.3 is 8.85 Å². The van der Waals surface area contributed by atoms with E-state index in [1.54, 1.807) is 7.11 Å². The summed E-state index contributed by atoms with van der Waals surface area (Å²) in [5.74, 6) is 0. The zero-order chi connectivity index (χ0) is 7.82. The summed E-state index contributed by atoms with van der Waals surface area (Å²) < 4.78 is 10.5. The maximum Gasteiger partial charge on any atom is 0.317 e. The number of rotatable bonds is 6. The van der Waals surface area contributed by atoms with Gasteiger partial charge in [0.1, 0.15) is 0 Å². The highest BCUT2D eigenvalue weighted by atomic mass is 28.3. The predicted molar refractivity (Wildman–Crippen MR) is 45.5 cm³/mol. The summed E-state index contributed by atoms with van der Waals surface area (Å²) in [6.07, 6.45) is 3.70. The first-order valence-electron chi connectivity index (χ1n) is 3.95. The van der Waals surface area contributed by atoms with Crippen LogP contribution in [0.3, 0.4) is 0 Å². The molecule has 0 spiro atoms. The summed E-state index contributed by atoms with van der Waals surface area (Å²) in [7, 11) is 0.495. The van der Waals surface area contributed by atoms with E-state index < -0.39 is 9.28 Å². The van der Waals surface area contributed by atoms with Crippen LogP contribution >= 0.6 is 0 Å². The Morgan fingerprint density at radius 2 is 2.00 bits per heavy atom. The lowest BCUT2D eigenvalue weighted by Crippen LogP contribution is -2.16. The number of hydrogen-bond acceptors (Lipinski definition) is 2. The molecule has 0 aliphatic rings. The van der Waals surface area contributed by atoms with Gasteiger partial charge in [0.2, 0.25) is 0 Å². The molecule has 2 nitrogen and oxygen atoms in total. The molecule has 0 aromatic rings. The fourth-order valence-electron chi connectivity index (χ4n) is 0.669. The van der Waals surface area contributed by atoms with Gasteiger partial charge in [-0.3, -0.25) is 0 Å². The summed E-state index contributed by atoms with van der Waals surface area (Å²) in [5.41, 5.74) is 0. The second-order valence-electron chi connectivity index (χ2n) is 2.38. The van der Waals surface area contributed by atoms with Crippen molar-refractivity contribution in [2.45, 2.75) is 32.7 Å². The highest BCUT2D eigenvalue weighted by molar-refractivity contribution is 6.42. The van der Waals surface area contributed by atoms with Crippen LogP contribution in [0.4, 0.5) is 0 Å². The minimum atomic E-state index is -1.22. The number of unbranched alkanes of at least 4 members (excludes halogenated alkanes) is 2. The quantitative estimate of drug-likeness (QED) is 0.437. The molecule has 1 atom stereocenters. The second-order valence-corrected chi connectivity index (χ2v) is 4.32. The average molecular weight is 162 g/mol. The molecular formula is C7H18O2Si. The average Bonchev–Trinajstić information content (AvgIpc) is 1.98. The van der Waals surface area contributed by atoms with Gasteiger partial charge in [-0.1, -0.05) is 19.8 Å². The van der Waals surface area contributed by atoms with Crippen molar-refractivity contribution in [3.05, 3.63) is 0 Å². The van der Waals surface area contributed by atoms with E-state index >= 15 is 0 Å². The minimum Gasteiger partial charge on any atom is -0.400 e. The molecule has 0 heterocycles. The second kappa shape index (κ2) is 7.25. The molecule has 0 rings (SSSR count). The van der Waals surface area contributed by atoms with Gasteiger partial charge in [-0.05, 0) is 13.0 Å². The van der Waals surface area contributed by atoms with E-state index in [4.69, 9.17) is 8.85 Å². The molecule has 0 fully saturated rings. The van der Waals surface area contributed by atoms with Gasteiger partial charge in [-0.25, -0.2) is 0 Å². The zero-order valence-corrected chi connectivity index (χ0v) is 8.38. The highest BCUT2D eigenvalue weighted by Gasteiger charge is 2.00. The molecule has 0 amide bonds. The van der Waals surface area contributed by atoms with Crippen molar-refractivity contribution in [2.24, 2.45) is 0 Å². The van der Waals surface area contributed by atoms with Crippen LogP contribution in [0.1, 0.15) is 26.2 Å². The standard InChI is InChI=1S/C7H18O2Si/c1-4-5-6-7-9-10(3)8-2/h10H,4-7H2,1-3H3. The summed E-state index contributed by atoms with van der Waals surface area (Å²) in [6.45, 7) is 5.12. The molecular weight excluding hydrogens is 144 g/mol. The molecule has 0 aliphatic heterocycles. The van der Waals surface area contributed by atoms with Crippen molar-refractivity contribution < 1.29 is 8.85 Å². The Morgan fingerprint density at radius 3 is 2.50 bits per heavy atom. The van der Waals surface area contributed by atoms with E-state index in [0.717, 1.165) is 6.61 Å². The molecule has 1 unspecified atom stereocenters. The van der Waals surface area contributed by atoms with Gasteiger partial charge in [-0.2, -0.15) is 0 Å². The van der Waals surface area contributed by atoms with E-state index in [-0.39, 0.29) is 0 Å². The monoisotopic (exact) mass is 162 g/mol. The van der Waals surface area contributed by atoms with E-state index in [0.29, 0.717) is 0 Å². The third-order valence-corrected chi connectivity index (χ3v) is 2.80. The maximum atomic E-state index is 5.41. The fraction of sp³-hybridized carbons (Fsp3) is 1.00. The normalized spacial score (nSPS) is 13.5. The molecule has 0 radical (unpaired) electrons. The van der Waals surface area contributed by atoms with Crippen LogP contribution < -0.4 is 0 Å².